The predicted octanol–water partition coefficient (Wildman–Crippen LogP) is 3.29. The lowest BCUT2D eigenvalue weighted by Gasteiger charge is -2.33. The molecule has 1 aromatic heterocycles. The zero-order chi connectivity index (χ0) is 15.5. The molecule has 5 nitrogen and oxygen atoms in total. The Morgan fingerprint density at radius 2 is 2.14 bits per heavy atom. The summed E-state index contributed by atoms with van der Waals surface area (Å²) in [6.45, 7) is 0.589. The molecule has 22 heavy (non-hydrogen) atoms. The van der Waals surface area contributed by atoms with Crippen LogP contribution in [0.5, 0.6) is 0 Å². The van der Waals surface area contributed by atoms with Crippen molar-refractivity contribution in [2.75, 3.05) is 6.54 Å². The number of hydrogen-bond donors (Lipinski definition) is 2. The fourth-order valence-electron chi connectivity index (χ4n) is 2.93. The molecule has 116 valence electrons. The molecule has 0 aliphatic carbocycles. The molecule has 0 saturated carbocycles. The summed E-state index contributed by atoms with van der Waals surface area (Å²) >= 11 is 0. The first-order chi connectivity index (χ1) is 10.6. The first-order valence-corrected chi connectivity index (χ1v) is 7.43. The van der Waals surface area contributed by atoms with Gasteiger partial charge in [0.05, 0.1) is 11.9 Å². The average Bonchev–Trinajstić information content (AvgIpc) is 2.97. The summed E-state index contributed by atoms with van der Waals surface area (Å²) in [6, 6.07) is 6.17. The van der Waals surface area contributed by atoms with Gasteiger partial charge in [-0.2, -0.15) is 0 Å². The van der Waals surface area contributed by atoms with E-state index in [4.69, 9.17) is 0 Å². The lowest BCUT2D eigenvalue weighted by atomic mass is 10.00. The van der Waals surface area contributed by atoms with Crippen molar-refractivity contribution < 1.29 is 14.3 Å². The quantitative estimate of drug-likeness (QED) is 0.914. The van der Waals surface area contributed by atoms with Crippen LogP contribution >= 0.6 is 0 Å². The fourth-order valence-corrected chi connectivity index (χ4v) is 2.93. The van der Waals surface area contributed by atoms with E-state index in [2.05, 4.69) is 9.97 Å². The Balaban J connectivity index is 1.73. The van der Waals surface area contributed by atoms with Crippen LogP contribution in [-0.2, 0) is 6.42 Å². The van der Waals surface area contributed by atoms with Crippen molar-refractivity contribution in [1.82, 2.24) is 14.9 Å². The number of piperidine rings is 1. The molecule has 3 rings (SSSR count). The van der Waals surface area contributed by atoms with Gasteiger partial charge in [-0.05, 0) is 49.1 Å². The van der Waals surface area contributed by atoms with Crippen molar-refractivity contribution in [2.45, 2.75) is 31.7 Å². The van der Waals surface area contributed by atoms with Crippen LogP contribution in [0.1, 0.15) is 25.1 Å². The number of benzene rings is 1. The molecule has 2 aromatic rings. The van der Waals surface area contributed by atoms with Gasteiger partial charge in [0.25, 0.3) is 0 Å². The van der Waals surface area contributed by atoms with E-state index < -0.39 is 6.09 Å². The molecule has 1 atom stereocenters. The highest BCUT2D eigenvalue weighted by Crippen LogP contribution is 2.22. The monoisotopic (exact) mass is 303 g/mol. The smallest absolute Gasteiger partial charge is 0.407 e. The van der Waals surface area contributed by atoms with Crippen molar-refractivity contribution in [3.05, 3.63) is 42.1 Å². The molecule has 1 saturated heterocycles. The molecule has 2 heterocycles. The van der Waals surface area contributed by atoms with Crippen LogP contribution < -0.4 is 0 Å². The van der Waals surface area contributed by atoms with Gasteiger partial charge >= 0.3 is 6.09 Å². The number of carbonyl (C=O) groups is 1. The molecule has 1 aliphatic rings. The summed E-state index contributed by atoms with van der Waals surface area (Å²) < 4.78 is 12.9. The third kappa shape index (κ3) is 3.10. The molecule has 0 radical (unpaired) electrons. The fraction of sp³-hybridized carbons (Fsp3) is 0.375. The molecule has 0 spiro atoms. The lowest BCUT2D eigenvalue weighted by molar-refractivity contribution is 0.106. The largest absolute Gasteiger partial charge is 0.465 e. The summed E-state index contributed by atoms with van der Waals surface area (Å²) in [7, 11) is 0. The maximum absolute atomic E-state index is 12.9. The van der Waals surface area contributed by atoms with Crippen LogP contribution in [0, 0.1) is 5.82 Å². The summed E-state index contributed by atoms with van der Waals surface area (Å²) in [5.74, 6) is 0.486. The van der Waals surface area contributed by atoms with E-state index in [0.29, 0.717) is 13.0 Å². The van der Waals surface area contributed by atoms with E-state index in [-0.39, 0.29) is 11.9 Å². The van der Waals surface area contributed by atoms with Crippen LogP contribution in [0.2, 0.25) is 0 Å². The highest BCUT2D eigenvalue weighted by molar-refractivity contribution is 5.65. The Kier molecular flexibility index (Phi) is 4.09. The highest BCUT2D eigenvalue weighted by Gasteiger charge is 2.27. The molecule has 1 aliphatic heterocycles. The zero-order valence-electron chi connectivity index (χ0n) is 12.1. The van der Waals surface area contributed by atoms with Gasteiger partial charge in [0.1, 0.15) is 11.6 Å². The van der Waals surface area contributed by atoms with Crippen LogP contribution in [0.25, 0.3) is 11.3 Å². The Morgan fingerprint density at radius 3 is 2.86 bits per heavy atom. The van der Waals surface area contributed by atoms with Gasteiger partial charge < -0.3 is 15.0 Å². The number of aromatic nitrogens is 2. The van der Waals surface area contributed by atoms with E-state index in [1.165, 1.54) is 17.0 Å². The second kappa shape index (κ2) is 6.17. The van der Waals surface area contributed by atoms with Gasteiger partial charge in [-0.15, -0.1) is 0 Å². The van der Waals surface area contributed by atoms with E-state index >= 15 is 0 Å². The minimum atomic E-state index is -0.866. The molecular formula is C16H18FN3O2. The molecule has 0 bridgehead atoms. The number of imidazole rings is 1. The molecule has 1 fully saturated rings. The normalized spacial score (nSPS) is 18.4. The Labute approximate surface area is 127 Å². The minimum Gasteiger partial charge on any atom is -0.465 e. The predicted molar refractivity (Wildman–Crippen MR) is 80.1 cm³/mol. The van der Waals surface area contributed by atoms with Gasteiger partial charge in [0.15, 0.2) is 0 Å². The average molecular weight is 303 g/mol. The number of hydrogen-bond acceptors (Lipinski definition) is 2. The number of nitrogens with one attached hydrogen (secondary N) is 1. The second-order valence-electron chi connectivity index (χ2n) is 5.58. The molecule has 1 aromatic carbocycles. The number of rotatable bonds is 3. The van der Waals surface area contributed by atoms with Gasteiger partial charge in [-0.25, -0.2) is 14.2 Å². The van der Waals surface area contributed by atoms with E-state index in [1.807, 2.05) is 0 Å². The summed E-state index contributed by atoms with van der Waals surface area (Å²) in [5, 5.41) is 9.26. The summed E-state index contributed by atoms with van der Waals surface area (Å²) in [5.41, 5.74) is 1.67. The van der Waals surface area contributed by atoms with Gasteiger partial charge in [0.2, 0.25) is 0 Å². The maximum Gasteiger partial charge on any atom is 0.407 e. The summed E-state index contributed by atoms with van der Waals surface area (Å²) in [6.07, 6.45) is 4.24. The third-order valence-corrected chi connectivity index (χ3v) is 4.09. The van der Waals surface area contributed by atoms with E-state index in [1.54, 1.807) is 18.3 Å². The number of aromatic amines is 1. The number of carboxylic acid groups (broad SMARTS) is 1. The van der Waals surface area contributed by atoms with Crippen molar-refractivity contribution >= 4 is 6.09 Å². The first-order valence-electron chi connectivity index (χ1n) is 7.43. The Morgan fingerprint density at radius 1 is 1.36 bits per heavy atom. The Bertz CT molecular complexity index is 654. The molecule has 6 heteroatoms. The van der Waals surface area contributed by atoms with Gasteiger partial charge in [-0.1, -0.05) is 0 Å². The van der Waals surface area contributed by atoms with Gasteiger partial charge in [-0.3, -0.25) is 0 Å². The zero-order valence-corrected chi connectivity index (χ0v) is 12.1. The van der Waals surface area contributed by atoms with Crippen LogP contribution in [-0.4, -0.2) is 38.7 Å². The van der Waals surface area contributed by atoms with Crippen molar-refractivity contribution in [1.29, 1.82) is 0 Å². The van der Waals surface area contributed by atoms with Gasteiger partial charge in [0, 0.05) is 19.0 Å². The van der Waals surface area contributed by atoms with E-state index in [0.717, 1.165) is 36.3 Å². The third-order valence-electron chi connectivity index (χ3n) is 4.09. The topological polar surface area (TPSA) is 69.2 Å². The second-order valence-corrected chi connectivity index (χ2v) is 5.58. The minimum absolute atomic E-state index is 0.0292. The van der Waals surface area contributed by atoms with Crippen molar-refractivity contribution in [3.63, 3.8) is 0 Å². The number of H-pyrrole nitrogens is 1. The van der Waals surface area contributed by atoms with Crippen LogP contribution in [0.4, 0.5) is 9.18 Å². The number of nitrogens with zero attached hydrogens (tertiary/aromatic N) is 2. The standard InChI is InChI=1S/C16H18FN3O2/c17-12-6-4-11(5-7-12)14-10-18-15(19-14)9-13-3-1-2-8-20(13)16(21)22/h4-7,10,13H,1-3,8-9H2,(H,18,19)(H,21,22). The molecule has 1 unspecified atom stereocenters. The van der Waals surface area contributed by atoms with Crippen molar-refractivity contribution in [2.24, 2.45) is 0 Å². The number of likely N-dealkylation sites (tertiary alicyclic amines) is 1. The number of halogens is 1. The van der Waals surface area contributed by atoms with Crippen molar-refractivity contribution in [3.8, 4) is 11.3 Å². The van der Waals surface area contributed by atoms with Crippen LogP contribution in [0.3, 0.4) is 0 Å². The maximum atomic E-state index is 12.9. The molecular weight excluding hydrogens is 285 g/mol. The molecule has 2 N–H and O–H groups in total. The lowest BCUT2D eigenvalue weighted by Crippen LogP contribution is -2.44. The Hall–Kier alpha value is -2.37. The first kappa shape index (κ1) is 14.6. The molecule has 1 amide bonds. The number of amides is 1. The highest BCUT2D eigenvalue weighted by atomic mass is 19.1. The van der Waals surface area contributed by atoms with Crippen LogP contribution in [0.15, 0.2) is 30.5 Å². The SMILES string of the molecule is O=C(O)N1CCCCC1Cc1ncc(-c2ccc(F)cc2)[nH]1. The summed E-state index contributed by atoms with van der Waals surface area (Å²) in [4.78, 5) is 20.3. The van der Waals surface area contributed by atoms with E-state index in [9.17, 15) is 14.3 Å².